The fourth-order valence-electron chi connectivity index (χ4n) is 7.65. The van der Waals surface area contributed by atoms with Gasteiger partial charge in [-0.2, -0.15) is 0 Å². The van der Waals surface area contributed by atoms with Gasteiger partial charge < -0.3 is 92.5 Å². The number of nitrogens with zero attached hydrogens (tertiary/aromatic N) is 2. The summed E-state index contributed by atoms with van der Waals surface area (Å²) >= 11 is 0. The standard InChI is InChI=1S/C46H79N19O13/c1-22-36(70)61-30(15-11-19-55-46(50)51)43(77)59-25(4)39(73)65-32(21-34(68)53-17-8-6-12-27(40(74)56-22)60-26(5)66)44(78)63-28-13-7-9-16-52-33(67)20-31(35(47)69)64-38(72)24(3)58-42(76)29(14-10-18-54-45(48)49)62-37(71)23(2)57-41(28)75/h22-25,27-32H,6-21H2,1-5H3,(H2,47,69)(H,52,67)(H,53,68)(H,56,74)(H,57,75)(H,58,76)(H,59,77)(H,60,66)(H,61,70)(H,62,71)(H,63,78)(H,64,72)(H,65,73)(H4,48,49,54)(H4,50,51,55)/t22-,23-,24-,25-,27-,28?,29-,30?,31?,32-/m0/s1. The number of nitrogens with two attached hydrogens (primary N) is 5. The first kappa shape index (κ1) is 65.8. The molecule has 2 aliphatic rings. The number of hydrogen-bond acceptors (Lipinski definition) is 15. The summed E-state index contributed by atoms with van der Waals surface area (Å²) in [6, 6.07) is -13.8. The molecular formula is C46H79N19O13. The van der Waals surface area contributed by atoms with Crippen LogP contribution < -0.4 is 92.5 Å². The van der Waals surface area contributed by atoms with Gasteiger partial charge in [-0.15, -0.1) is 0 Å². The molecule has 2 aliphatic heterocycles. The monoisotopic (exact) mass is 1110 g/mol. The summed E-state index contributed by atoms with van der Waals surface area (Å²) in [5.74, 6) is -11.4. The molecule has 0 radical (unpaired) electrons. The first-order valence-corrected chi connectivity index (χ1v) is 25.6. The zero-order valence-electron chi connectivity index (χ0n) is 44.7. The van der Waals surface area contributed by atoms with Crippen molar-refractivity contribution in [1.82, 2.24) is 63.8 Å². The van der Waals surface area contributed by atoms with Gasteiger partial charge in [0.05, 0.1) is 12.8 Å². The van der Waals surface area contributed by atoms with Crippen LogP contribution in [0.3, 0.4) is 0 Å². The molecule has 22 N–H and O–H groups in total. The van der Waals surface area contributed by atoms with Crippen molar-refractivity contribution in [1.29, 1.82) is 0 Å². The molecule has 3 unspecified atom stereocenters. The van der Waals surface area contributed by atoms with Gasteiger partial charge in [0, 0.05) is 33.1 Å². The van der Waals surface area contributed by atoms with Gasteiger partial charge in [0.25, 0.3) is 0 Å². The molecule has 436 valence electrons. The Balaban J connectivity index is 2.54. The highest BCUT2D eigenvalue weighted by molar-refractivity contribution is 6.00. The topological polar surface area (TPSA) is 521 Å². The van der Waals surface area contributed by atoms with Gasteiger partial charge in [0.1, 0.15) is 60.4 Å². The number of carbonyl (C=O) groups is 13. The van der Waals surface area contributed by atoms with Crippen LogP contribution in [0, 0.1) is 0 Å². The van der Waals surface area contributed by atoms with Crippen LogP contribution in [0.5, 0.6) is 0 Å². The minimum atomic E-state index is -1.72. The number of rotatable bonds is 12. The van der Waals surface area contributed by atoms with Crippen LogP contribution in [0.1, 0.15) is 112 Å². The number of amides is 13. The summed E-state index contributed by atoms with van der Waals surface area (Å²) in [7, 11) is 0. The van der Waals surface area contributed by atoms with E-state index in [4.69, 9.17) is 28.7 Å². The van der Waals surface area contributed by atoms with Crippen molar-refractivity contribution in [3.63, 3.8) is 0 Å². The molecule has 0 aromatic carbocycles. The molecule has 0 aliphatic carbocycles. The average Bonchev–Trinajstić information content (AvgIpc) is 3.35. The molecule has 2 fully saturated rings. The highest BCUT2D eigenvalue weighted by Gasteiger charge is 2.34. The third kappa shape index (κ3) is 25.0. The second-order valence-electron chi connectivity index (χ2n) is 18.9. The molecule has 32 nitrogen and oxygen atoms in total. The third-order valence-electron chi connectivity index (χ3n) is 12.0. The first-order valence-electron chi connectivity index (χ1n) is 25.6. The molecule has 0 saturated carbocycles. The fourth-order valence-corrected chi connectivity index (χ4v) is 7.65. The van der Waals surface area contributed by atoms with E-state index in [1.807, 2.05) is 0 Å². The van der Waals surface area contributed by atoms with E-state index in [0.29, 0.717) is 0 Å². The van der Waals surface area contributed by atoms with E-state index >= 15 is 0 Å². The fraction of sp³-hybridized carbons (Fsp3) is 0.674. The predicted molar refractivity (Wildman–Crippen MR) is 280 cm³/mol. The maximum atomic E-state index is 14.3. The summed E-state index contributed by atoms with van der Waals surface area (Å²) in [4.78, 5) is 181. The van der Waals surface area contributed by atoms with Crippen LogP contribution in [0.15, 0.2) is 9.98 Å². The highest BCUT2D eigenvalue weighted by Crippen LogP contribution is 2.09. The lowest BCUT2D eigenvalue weighted by atomic mass is 10.1. The lowest BCUT2D eigenvalue weighted by Crippen LogP contribution is -2.60. The quantitative estimate of drug-likeness (QED) is 0.0490. The molecule has 78 heavy (non-hydrogen) atoms. The summed E-state index contributed by atoms with van der Waals surface area (Å²) < 4.78 is 0. The van der Waals surface area contributed by atoms with E-state index in [1.165, 1.54) is 34.6 Å². The number of guanidine groups is 2. The minimum absolute atomic E-state index is 0.00251. The Bertz CT molecular complexity index is 2240. The zero-order chi connectivity index (χ0) is 58.6. The van der Waals surface area contributed by atoms with Gasteiger partial charge in [-0.25, -0.2) is 0 Å². The molecule has 0 bridgehead atoms. The Morgan fingerprint density at radius 2 is 0.833 bits per heavy atom. The van der Waals surface area contributed by atoms with E-state index < -0.39 is 150 Å². The predicted octanol–water partition coefficient (Wildman–Crippen LogP) is -8.09. The van der Waals surface area contributed by atoms with E-state index in [2.05, 4.69) is 73.8 Å². The lowest BCUT2D eigenvalue weighted by molar-refractivity contribution is -0.136. The third-order valence-corrected chi connectivity index (χ3v) is 12.0. The van der Waals surface area contributed by atoms with Crippen molar-refractivity contribution in [3.8, 4) is 0 Å². The molecule has 2 heterocycles. The molecule has 2 rings (SSSR count). The maximum absolute atomic E-state index is 14.3. The van der Waals surface area contributed by atoms with E-state index in [1.54, 1.807) is 0 Å². The van der Waals surface area contributed by atoms with Gasteiger partial charge in [-0.05, 0) is 91.9 Å². The number of carbonyl (C=O) groups excluding carboxylic acids is 13. The number of primary amides is 1. The van der Waals surface area contributed by atoms with Crippen molar-refractivity contribution in [2.24, 2.45) is 38.7 Å². The molecule has 2 saturated heterocycles. The maximum Gasteiger partial charge on any atom is 0.243 e. The average molecular weight is 1110 g/mol. The lowest BCUT2D eigenvalue weighted by Gasteiger charge is -2.27. The van der Waals surface area contributed by atoms with Crippen molar-refractivity contribution in [3.05, 3.63) is 0 Å². The van der Waals surface area contributed by atoms with Crippen LogP contribution in [0.25, 0.3) is 0 Å². The largest absolute Gasteiger partial charge is 0.370 e. The summed E-state index contributed by atoms with van der Waals surface area (Å²) in [6.07, 6.45) is -0.418. The van der Waals surface area contributed by atoms with Crippen LogP contribution in [0.2, 0.25) is 0 Å². The van der Waals surface area contributed by atoms with Crippen LogP contribution in [-0.2, 0) is 62.3 Å². The van der Waals surface area contributed by atoms with E-state index in [0.717, 1.165) is 0 Å². The Kier molecular flexibility index (Phi) is 28.4. The summed E-state index contributed by atoms with van der Waals surface area (Å²) in [5, 5.41) is 30.1. The second-order valence-corrected chi connectivity index (χ2v) is 18.9. The highest BCUT2D eigenvalue weighted by atomic mass is 16.2. The van der Waals surface area contributed by atoms with Crippen molar-refractivity contribution in [2.75, 3.05) is 26.2 Å². The van der Waals surface area contributed by atoms with Gasteiger partial charge in [0.2, 0.25) is 76.8 Å². The molecule has 32 heteroatoms. The minimum Gasteiger partial charge on any atom is -0.370 e. The Morgan fingerprint density at radius 1 is 0.474 bits per heavy atom. The van der Waals surface area contributed by atoms with Crippen LogP contribution >= 0.6 is 0 Å². The second kappa shape index (κ2) is 33.6. The zero-order valence-corrected chi connectivity index (χ0v) is 44.7. The molecule has 0 spiro atoms. The number of hydrogen-bond donors (Lipinski definition) is 17. The Labute approximate surface area is 450 Å². The van der Waals surface area contributed by atoms with Crippen molar-refractivity contribution in [2.45, 2.75) is 172 Å². The molecule has 13 amide bonds. The summed E-state index contributed by atoms with van der Waals surface area (Å²) in [6.45, 7) is 6.45. The van der Waals surface area contributed by atoms with E-state index in [-0.39, 0.29) is 102 Å². The number of nitrogens with one attached hydrogen (secondary N) is 12. The molecular weight excluding hydrogens is 1030 g/mol. The van der Waals surface area contributed by atoms with Crippen molar-refractivity contribution < 1.29 is 62.3 Å². The van der Waals surface area contributed by atoms with Crippen molar-refractivity contribution >= 4 is 88.7 Å². The van der Waals surface area contributed by atoms with Gasteiger partial charge in [-0.3, -0.25) is 72.3 Å². The van der Waals surface area contributed by atoms with Crippen LogP contribution in [-0.4, -0.2) is 175 Å². The molecule has 0 aromatic rings. The summed E-state index contributed by atoms with van der Waals surface area (Å²) in [5.41, 5.74) is 27.2. The van der Waals surface area contributed by atoms with Gasteiger partial charge in [0.15, 0.2) is 11.9 Å². The Morgan fingerprint density at radius 3 is 1.22 bits per heavy atom. The van der Waals surface area contributed by atoms with Gasteiger partial charge >= 0.3 is 0 Å². The van der Waals surface area contributed by atoms with E-state index in [9.17, 15) is 62.3 Å². The number of aliphatic imine (C=N–C) groups is 2. The molecule has 10 atom stereocenters. The SMILES string of the molecule is CC(=O)N[C@H]1CCCCNC(=O)C[C@@H](C(=O)NC2CCCCNC(=O)CC(C(N)=O)NC(=O)[C@H](C)NC(=O)[C@H](CCCN=C(N)N)NC(=O)[C@H](C)NC2=O)NC(=O)[C@H](C)NC(=O)C(CCCN=C(N)N)NC(=O)[C@H](C)NC1=O. The van der Waals surface area contributed by atoms with Crippen LogP contribution in [0.4, 0.5) is 0 Å². The normalized spacial score (nSPS) is 26.7. The molecule has 0 aromatic heterocycles. The first-order chi connectivity index (χ1) is 36.7. The van der Waals surface area contributed by atoms with Gasteiger partial charge in [-0.1, -0.05) is 0 Å². The Hall–Kier alpha value is -8.35. The smallest absolute Gasteiger partial charge is 0.243 e.